The Morgan fingerprint density at radius 2 is 2.00 bits per heavy atom. The van der Waals surface area contributed by atoms with Crippen molar-refractivity contribution in [3.63, 3.8) is 0 Å². The smallest absolute Gasteiger partial charge is 0.309 e. The van der Waals surface area contributed by atoms with Crippen LogP contribution in [0, 0.1) is 18.8 Å². The molecule has 2 aliphatic heterocycles. The third kappa shape index (κ3) is 4.07. The monoisotopic (exact) mass is 425 g/mol. The van der Waals surface area contributed by atoms with Crippen molar-refractivity contribution >= 4 is 23.5 Å². The largest absolute Gasteiger partial charge is 0.480 e. The minimum atomic E-state index is -1.24. The minimum Gasteiger partial charge on any atom is -0.480 e. The predicted octanol–water partition coefficient (Wildman–Crippen LogP) is 1.46. The maximum atomic E-state index is 12.1. The van der Waals surface area contributed by atoms with Crippen LogP contribution in [-0.4, -0.2) is 64.4 Å². The van der Waals surface area contributed by atoms with E-state index in [1.807, 2.05) is 13.8 Å². The molecule has 1 saturated heterocycles. The van der Waals surface area contributed by atoms with Gasteiger partial charge < -0.3 is 24.4 Å². The fourth-order valence-electron chi connectivity index (χ4n) is 3.11. The van der Waals surface area contributed by atoms with E-state index in [0.29, 0.717) is 27.4 Å². The van der Waals surface area contributed by atoms with Gasteiger partial charge in [-0.25, -0.2) is 4.98 Å². The number of carbonyl (C=O) groups is 1. The fraction of sp³-hybridized carbons (Fsp3) is 0.632. The van der Waals surface area contributed by atoms with Gasteiger partial charge in [0.2, 0.25) is 5.88 Å². The summed E-state index contributed by atoms with van der Waals surface area (Å²) < 4.78 is 16.5. The molecule has 1 fully saturated rings. The number of esters is 1. The molecule has 10 heteroatoms. The molecular weight excluding hydrogens is 398 g/mol. The van der Waals surface area contributed by atoms with Crippen LogP contribution in [0.15, 0.2) is 16.5 Å². The van der Waals surface area contributed by atoms with Gasteiger partial charge in [-0.15, -0.1) is 0 Å². The van der Waals surface area contributed by atoms with Gasteiger partial charge in [-0.1, -0.05) is 39.1 Å². The summed E-state index contributed by atoms with van der Waals surface area (Å²) in [6.07, 6.45) is -4.28. The van der Waals surface area contributed by atoms with Crippen molar-refractivity contribution in [1.29, 1.82) is 0 Å². The zero-order chi connectivity index (χ0) is 21.5. The van der Waals surface area contributed by atoms with E-state index in [0.717, 1.165) is 0 Å². The standard InChI is InChI=1S/C19H27N3O6S/c1-8(2)9(3)19(25)27-7-12-13(23)14(24)18(28-12)22-11(5)29-15-16(22)20-10(4)21-17(15)26-6/h8-9,12-14,18,23-24H,5,7H2,1-4,6H3/t9-,12+,13+,14+,18+/m0/s1. The van der Waals surface area contributed by atoms with Crippen LogP contribution in [0.25, 0.3) is 0 Å². The second-order valence-corrected chi connectivity index (χ2v) is 8.59. The van der Waals surface area contributed by atoms with Crippen LogP contribution in [0.2, 0.25) is 0 Å². The van der Waals surface area contributed by atoms with Crippen LogP contribution < -0.4 is 9.64 Å². The zero-order valence-corrected chi connectivity index (χ0v) is 18.0. The highest BCUT2D eigenvalue weighted by Gasteiger charge is 2.49. The van der Waals surface area contributed by atoms with Gasteiger partial charge in [0.15, 0.2) is 12.0 Å². The number of aliphatic hydroxyl groups is 2. The van der Waals surface area contributed by atoms with Crippen molar-refractivity contribution in [3.05, 3.63) is 17.4 Å². The van der Waals surface area contributed by atoms with E-state index < -0.39 is 24.5 Å². The topological polar surface area (TPSA) is 114 Å². The number of fused-ring (bicyclic) bond motifs is 1. The second kappa shape index (κ2) is 8.47. The lowest BCUT2D eigenvalue weighted by atomic mass is 9.99. The maximum Gasteiger partial charge on any atom is 0.309 e. The molecule has 0 bridgehead atoms. The first kappa shape index (κ1) is 21.8. The van der Waals surface area contributed by atoms with Crippen molar-refractivity contribution in [3.8, 4) is 5.88 Å². The Labute approximate surface area is 174 Å². The van der Waals surface area contributed by atoms with Crippen molar-refractivity contribution < 1.29 is 29.2 Å². The Hall–Kier alpha value is -1.88. The van der Waals surface area contributed by atoms with E-state index in [9.17, 15) is 15.0 Å². The number of hydrogen-bond acceptors (Lipinski definition) is 10. The maximum absolute atomic E-state index is 12.1. The van der Waals surface area contributed by atoms with Gasteiger partial charge in [0.05, 0.1) is 18.1 Å². The minimum absolute atomic E-state index is 0.134. The number of carbonyl (C=O) groups excluding carboxylic acids is 1. The Morgan fingerprint density at radius 1 is 1.31 bits per heavy atom. The van der Waals surface area contributed by atoms with Gasteiger partial charge in [-0.05, 0) is 12.8 Å². The van der Waals surface area contributed by atoms with Crippen molar-refractivity contribution in [2.24, 2.45) is 11.8 Å². The Balaban J connectivity index is 1.77. The van der Waals surface area contributed by atoms with Crippen LogP contribution in [0.3, 0.4) is 0 Å². The zero-order valence-electron chi connectivity index (χ0n) is 17.2. The molecule has 1 aromatic rings. The molecule has 5 atom stereocenters. The average molecular weight is 426 g/mol. The van der Waals surface area contributed by atoms with Crippen LogP contribution >= 0.6 is 11.8 Å². The van der Waals surface area contributed by atoms with E-state index in [4.69, 9.17) is 14.2 Å². The van der Waals surface area contributed by atoms with E-state index in [2.05, 4.69) is 16.5 Å². The molecule has 2 aliphatic rings. The summed E-state index contributed by atoms with van der Waals surface area (Å²) in [4.78, 5) is 23.1. The summed E-state index contributed by atoms with van der Waals surface area (Å²) >= 11 is 1.30. The van der Waals surface area contributed by atoms with Crippen LogP contribution in [0.5, 0.6) is 5.88 Å². The summed E-state index contributed by atoms with van der Waals surface area (Å²) in [6, 6.07) is 0. The number of thioether (sulfide) groups is 1. The fourth-order valence-corrected chi connectivity index (χ4v) is 4.08. The molecule has 0 aromatic carbocycles. The van der Waals surface area contributed by atoms with E-state index in [1.165, 1.54) is 18.9 Å². The predicted molar refractivity (Wildman–Crippen MR) is 106 cm³/mol. The summed E-state index contributed by atoms with van der Waals surface area (Å²) in [5.74, 6) is 0.877. The van der Waals surface area contributed by atoms with Crippen LogP contribution in [-0.2, 0) is 14.3 Å². The van der Waals surface area contributed by atoms with Gasteiger partial charge in [0.25, 0.3) is 0 Å². The number of aliphatic hydroxyl groups excluding tert-OH is 2. The lowest BCUT2D eigenvalue weighted by Crippen LogP contribution is -2.42. The van der Waals surface area contributed by atoms with Gasteiger partial charge in [0, 0.05) is 0 Å². The number of aryl methyl sites for hydroxylation is 1. The molecule has 0 unspecified atom stereocenters. The number of nitrogens with zero attached hydrogens (tertiary/aromatic N) is 3. The number of methoxy groups -OCH3 is 1. The van der Waals surface area contributed by atoms with E-state index in [1.54, 1.807) is 18.7 Å². The molecule has 160 valence electrons. The third-order valence-corrected chi connectivity index (χ3v) is 6.19. The Kier molecular flexibility index (Phi) is 6.37. The number of anilines is 1. The quantitative estimate of drug-likeness (QED) is 0.649. The molecule has 0 amide bonds. The SMILES string of the molecule is C=C1Sc2c(OC)nc(C)nc2N1[C@@H]1O[C@H](COC(=O)[C@@H](C)C(C)C)[C@@H](O)[C@H]1O. The molecule has 0 spiro atoms. The van der Waals surface area contributed by atoms with Gasteiger partial charge >= 0.3 is 5.97 Å². The molecule has 2 N–H and O–H groups in total. The molecule has 1 aromatic heterocycles. The normalized spacial score (nSPS) is 27.3. The molecule has 3 heterocycles. The van der Waals surface area contributed by atoms with Crippen molar-refractivity contribution in [2.45, 2.75) is 57.1 Å². The lowest BCUT2D eigenvalue weighted by molar-refractivity contribution is -0.154. The highest BCUT2D eigenvalue weighted by Crippen LogP contribution is 2.50. The van der Waals surface area contributed by atoms with Crippen molar-refractivity contribution in [2.75, 3.05) is 18.6 Å². The van der Waals surface area contributed by atoms with Gasteiger partial charge in [-0.3, -0.25) is 9.69 Å². The number of aromatic nitrogens is 2. The average Bonchev–Trinajstić information content (AvgIpc) is 3.14. The molecule has 29 heavy (non-hydrogen) atoms. The van der Waals surface area contributed by atoms with E-state index in [-0.39, 0.29) is 24.4 Å². The van der Waals surface area contributed by atoms with E-state index >= 15 is 0 Å². The molecule has 0 aliphatic carbocycles. The Morgan fingerprint density at radius 3 is 2.62 bits per heavy atom. The molecule has 0 saturated carbocycles. The first-order valence-electron chi connectivity index (χ1n) is 9.42. The van der Waals surface area contributed by atoms with Crippen LogP contribution in [0.4, 0.5) is 5.82 Å². The second-order valence-electron chi connectivity index (χ2n) is 7.51. The first-order valence-corrected chi connectivity index (χ1v) is 10.2. The summed E-state index contributed by atoms with van der Waals surface area (Å²) in [6.45, 7) is 11.2. The molecular formula is C19H27N3O6S. The number of hydrogen-bond donors (Lipinski definition) is 2. The summed E-state index contributed by atoms with van der Waals surface area (Å²) in [5, 5.41) is 21.6. The molecule has 9 nitrogen and oxygen atoms in total. The Bertz CT molecular complexity index is 804. The number of rotatable bonds is 6. The van der Waals surface area contributed by atoms with Gasteiger partial charge in [0.1, 0.15) is 35.6 Å². The summed E-state index contributed by atoms with van der Waals surface area (Å²) in [5.41, 5.74) is 0. The molecule has 0 radical (unpaired) electrons. The lowest BCUT2D eigenvalue weighted by Gasteiger charge is -2.28. The number of ether oxygens (including phenoxy) is 3. The first-order chi connectivity index (χ1) is 13.6. The molecule has 3 rings (SSSR count). The van der Waals surface area contributed by atoms with Crippen LogP contribution in [0.1, 0.15) is 26.6 Å². The third-order valence-electron chi connectivity index (χ3n) is 5.19. The highest BCUT2D eigenvalue weighted by molar-refractivity contribution is 8.03. The van der Waals surface area contributed by atoms with Crippen molar-refractivity contribution in [1.82, 2.24) is 9.97 Å². The highest BCUT2D eigenvalue weighted by atomic mass is 32.2. The van der Waals surface area contributed by atoms with Gasteiger partial charge in [-0.2, -0.15) is 4.98 Å². The summed E-state index contributed by atoms with van der Waals surface area (Å²) in [7, 11) is 1.52.